The monoisotopic (exact) mass is 297 g/mol. The number of methoxy groups -OCH3 is 1. The van der Waals surface area contributed by atoms with Crippen molar-refractivity contribution in [3.05, 3.63) is 35.4 Å². The molecule has 1 unspecified atom stereocenters. The number of hydrogen-bond acceptors (Lipinski definition) is 2. The largest absolute Gasteiger partial charge is 0.372 e. The highest BCUT2D eigenvalue weighted by atomic mass is 19.2. The Morgan fingerprint density at radius 1 is 1.33 bits per heavy atom. The molecule has 1 saturated heterocycles. The number of carbonyl (C=O) groups excluding carboxylic acids is 1. The molecule has 1 aliphatic heterocycles. The molecule has 0 N–H and O–H groups in total. The third-order valence-electron chi connectivity index (χ3n) is 4.15. The first-order chi connectivity index (χ1) is 10.1. The van der Waals surface area contributed by atoms with Crippen LogP contribution in [0.1, 0.15) is 37.7 Å². The van der Waals surface area contributed by atoms with Crippen LogP contribution in [0, 0.1) is 11.6 Å². The number of hydrogen-bond donors (Lipinski definition) is 0. The molecular weight excluding hydrogens is 276 g/mol. The molecule has 116 valence electrons. The lowest BCUT2D eigenvalue weighted by molar-refractivity contribution is -0.143. The van der Waals surface area contributed by atoms with E-state index in [0.29, 0.717) is 19.5 Å². The number of likely N-dealkylation sites (tertiary alicyclic amines) is 1. The summed E-state index contributed by atoms with van der Waals surface area (Å²) in [7, 11) is 1.54. The third kappa shape index (κ3) is 3.59. The van der Waals surface area contributed by atoms with Gasteiger partial charge in [0.15, 0.2) is 11.6 Å². The molecule has 1 aromatic carbocycles. The summed E-state index contributed by atoms with van der Waals surface area (Å²) in [5.41, 5.74) is 0.805. The number of ether oxygens (including phenoxy) is 1. The van der Waals surface area contributed by atoms with Crippen LogP contribution in [0.2, 0.25) is 0 Å². The zero-order valence-corrected chi connectivity index (χ0v) is 12.4. The maximum absolute atomic E-state index is 13.3. The van der Waals surface area contributed by atoms with E-state index >= 15 is 0 Å². The van der Waals surface area contributed by atoms with Crippen LogP contribution in [0.5, 0.6) is 0 Å². The summed E-state index contributed by atoms with van der Waals surface area (Å²) in [5, 5.41) is 0. The lowest BCUT2D eigenvalue weighted by Gasteiger charge is -2.34. The third-order valence-corrected chi connectivity index (χ3v) is 4.15. The van der Waals surface area contributed by atoms with E-state index in [-0.39, 0.29) is 17.9 Å². The molecule has 0 bridgehead atoms. The Balaban J connectivity index is 1.96. The van der Waals surface area contributed by atoms with Gasteiger partial charge < -0.3 is 9.64 Å². The number of nitrogens with zero attached hydrogens (tertiary/aromatic N) is 1. The van der Waals surface area contributed by atoms with Crippen molar-refractivity contribution < 1.29 is 18.3 Å². The van der Waals surface area contributed by atoms with Crippen LogP contribution >= 0.6 is 0 Å². The van der Waals surface area contributed by atoms with Crippen molar-refractivity contribution >= 4 is 5.91 Å². The summed E-state index contributed by atoms with van der Waals surface area (Å²) in [6, 6.07) is 4.06. The molecule has 1 amide bonds. The number of rotatable bonds is 4. The van der Waals surface area contributed by atoms with Gasteiger partial charge >= 0.3 is 0 Å². The first-order valence-electron chi connectivity index (χ1n) is 7.33. The van der Waals surface area contributed by atoms with E-state index < -0.39 is 11.6 Å². The summed E-state index contributed by atoms with van der Waals surface area (Å²) < 4.78 is 31.4. The zero-order chi connectivity index (χ0) is 15.4. The molecule has 1 heterocycles. The minimum Gasteiger partial charge on any atom is -0.372 e. The SMILES string of the molecule is CCC(OC)C(=O)N1CCC(c2ccc(F)c(F)c2)CC1. The smallest absolute Gasteiger partial charge is 0.251 e. The predicted octanol–water partition coefficient (Wildman–Crippen LogP) is 3.10. The van der Waals surface area contributed by atoms with Crippen molar-refractivity contribution in [2.24, 2.45) is 0 Å². The minimum absolute atomic E-state index is 0.0173. The number of carbonyl (C=O) groups is 1. The van der Waals surface area contributed by atoms with Gasteiger partial charge in [0.1, 0.15) is 6.10 Å². The fourth-order valence-electron chi connectivity index (χ4n) is 2.85. The van der Waals surface area contributed by atoms with Crippen molar-refractivity contribution in [3.8, 4) is 0 Å². The molecule has 0 spiro atoms. The fourth-order valence-corrected chi connectivity index (χ4v) is 2.85. The second-order valence-corrected chi connectivity index (χ2v) is 5.41. The van der Waals surface area contributed by atoms with E-state index in [2.05, 4.69) is 0 Å². The standard InChI is InChI=1S/C16H21F2NO2/c1-3-15(21-2)16(20)19-8-6-11(7-9-19)12-4-5-13(17)14(18)10-12/h4-5,10-11,15H,3,6-9H2,1-2H3. The van der Waals surface area contributed by atoms with Gasteiger partial charge in [-0.1, -0.05) is 13.0 Å². The van der Waals surface area contributed by atoms with Crippen LogP contribution in [0.25, 0.3) is 0 Å². The van der Waals surface area contributed by atoms with Crippen LogP contribution in [0.3, 0.4) is 0 Å². The van der Waals surface area contributed by atoms with Crippen LogP contribution in [0.4, 0.5) is 8.78 Å². The molecule has 1 atom stereocenters. The van der Waals surface area contributed by atoms with Crippen LogP contribution in [-0.2, 0) is 9.53 Å². The Labute approximate surface area is 123 Å². The number of benzene rings is 1. The van der Waals surface area contributed by atoms with Crippen molar-refractivity contribution in [1.29, 1.82) is 0 Å². The Morgan fingerprint density at radius 3 is 2.52 bits per heavy atom. The van der Waals surface area contributed by atoms with Crippen molar-refractivity contribution in [2.45, 2.75) is 38.2 Å². The van der Waals surface area contributed by atoms with Gasteiger partial charge in [0.2, 0.25) is 0 Å². The molecule has 5 heteroatoms. The highest BCUT2D eigenvalue weighted by Gasteiger charge is 2.28. The van der Waals surface area contributed by atoms with E-state index in [1.807, 2.05) is 6.92 Å². The second-order valence-electron chi connectivity index (χ2n) is 5.41. The van der Waals surface area contributed by atoms with Gasteiger partial charge in [-0.25, -0.2) is 8.78 Å². The summed E-state index contributed by atoms with van der Waals surface area (Å²) in [6.07, 6.45) is 1.79. The van der Waals surface area contributed by atoms with Crippen molar-refractivity contribution in [1.82, 2.24) is 4.90 Å². The van der Waals surface area contributed by atoms with Gasteiger partial charge in [-0.3, -0.25) is 4.79 Å². The summed E-state index contributed by atoms with van der Waals surface area (Å²) in [4.78, 5) is 14.0. The Bertz CT molecular complexity index is 495. The number of halogens is 2. The van der Waals surface area contributed by atoms with E-state index in [1.165, 1.54) is 12.1 Å². The number of amides is 1. The van der Waals surface area contributed by atoms with E-state index in [9.17, 15) is 13.6 Å². The maximum atomic E-state index is 13.3. The van der Waals surface area contributed by atoms with E-state index in [0.717, 1.165) is 18.4 Å². The van der Waals surface area contributed by atoms with E-state index in [4.69, 9.17) is 4.74 Å². The average Bonchev–Trinajstić information content (AvgIpc) is 2.51. The Kier molecular flexibility index (Phi) is 5.28. The summed E-state index contributed by atoms with van der Waals surface area (Å²) in [5.74, 6) is -1.44. The van der Waals surface area contributed by atoms with Gasteiger partial charge in [0.25, 0.3) is 5.91 Å². The van der Waals surface area contributed by atoms with Gasteiger partial charge in [-0.05, 0) is 42.9 Å². The van der Waals surface area contributed by atoms with Gasteiger partial charge in [-0.15, -0.1) is 0 Å². The molecule has 1 aliphatic rings. The van der Waals surface area contributed by atoms with E-state index in [1.54, 1.807) is 18.1 Å². The Morgan fingerprint density at radius 2 is 2.00 bits per heavy atom. The molecule has 0 aliphatic carbocycles. The minimum atomic E-state index is -0.822. The topological polar surface area (TPSA) is 29.5 Å². The molecule has 1 fully saturated rings. The fraction of sp³-hybridized carbons (Fsp3) is 0.562. The highest BCUT2D eigenvalue weighted by molar-refractivity contribution is 5.81. The molecule has 0 aromatic heterocycles. The van der Waals surface area contributed by atoms with Gasteiger partial charge in [0, 0.05) is 20.2 Å². The van der Waals surface area contributed by atoms with Crippen LogP contribution < -0.4 is 0 Å². The van der Waals surface area contributed by atoms with Gasteiger partial charge in [-0.2, -0.15) is 0 Å². The average molecular weight is 297 g/mol. The lowest BCUT2D eigenvalue weighted by atomic mass is 9.89. The first kappa shape index (κ1) is 15.9. The quantitative estimate of drug-likeness (QED) is 0.854. The van der Waals surface area contributed by atoms with Crippen molar-refractivity contribution in [2.75, 3.05) is 20.2 Å². The molecule has 2 rings (SSSR count). The summed E-state index contributed by atoms with van der Waals surface area (Å²) >= 11 is 0. The molecule has 3 nitrogen and oxygen atoms in total. The van der Waals surface area contributed by atoms with Crippen LogP contribution in [0.15, 0.2) is 18.2 Å². The molecular formula is C16H21F2NO2. The molecule has 1 aromatic rings. The predicted molar refractivity (Wildman–Crippen MR) is 76.0 cm³/mol. The van der Waals surface area contributed by atoms with Crippen molar-refractivity contribution in [3.63, 3.8) is 0 Å². The summed E-state index contributed by atoms with van der Waals surface area (Å²) in [6.45, 7) is 3.17. The molecule has 0 radical (unpaired) electrons. The highest BCUT2D eigenvalue weighted by Crippen LogP contribution is 2.29. The molecule has 0 saturated carbocycles. The van der Waals surface area contributed by atoms with Crippen LogP contribution in [-0.4, -0.2) is 37.1 Å². The first-order valence-corrected chi connectivity index (χ1v) is 7.33. The lowest BCUT2D eigenvalue weighted by Crippen LogP contribution is -2.44. The zero-order valence-electron chi connectivity index (χ0n) is 12.4. The normalized spacial score (nSPS) is 17.8. The Hall–Kier alpha value is -1.49. The number of piperidine rings is 1. The second kappa shape index (κ2) is 6.98. The maximum Gasteiger partial charge on any atom is 0.251 e. The van der Waals surface area contributed by atoms with Gasteiger partial charge in [0.05, 0.1) is 0 Å². The molecule has 21 heavy (non-hydrogen) atoms.